The van der Waals surface area contributed by atoms with E-state index in [0.29, 0.717) is 4.90 Å². The van der Waals surface area contributed by atoms with Gasteiger partial charge in [-0.3, -0.25) is 24.5 Å². The number of hydrogen-bond acceptors (Lipinski definition) is 5. The van der Waals surface area contributed by atoms with Gasteiger partial charge in [-0.05, 0) is 6.07 Å². The van der Waals surface area contributed by atoms with Gasteiger partial charge in [0, 0.05) is 12.1 Å². The maximum absolute atomic E-state index is 11.6. The SMILES string of the molecule is O=C1C(=O)N(C(=O)CCl)c2ccc([N+](=O)[O-])cc21. The summed E-state index contributed by atoms with van der Waals surface area (Å²) in [6.07, 6.45) is 0. The number of carbonyl (C=O) groups excluding carboxylic acids is 3. The number of nitro benzene ring substituents is 1. The highest BCUT2D eigenvalue weighted by atomic mass is 35.5. The molecule has 0 aliphatic carbocycles. The number of benzene rings is 1. The van der Waals surface area contributed by atoms with Gasteiger partial charge in [0.25, 0.3) is 11.5 Å². The fourth-order valence-corrected chi connectivity index (χ4v) is 1.77. The maximum Gasteiger partial charge on any atom is 0.306 e. The van der Waals surface area contributed by atoms with Crippen LogP contribution >= 0.6 is 11.6 Å². The molecule has 1 aromatic carbocycles. The van der Waals surface area contributed by atoms with Crippen LogP contribution in [0.1, 0.15) is 10.4 Å². The van der Waals surface area contributed by atoms with Crippen molar-refractivity contribution in [2.24, 2.45) is 0 Å². The highest BCUT2D eigenvalue weighted by Crippen LogP contribution is 2.32. The standard InChI is InChI=1S/C10H5ClN2O5/c11-4-8(14)12-7-2-1-5(13(17)18)3-6(7)9(15)10(12)16/h1-3H,4H2. The fraction of sp³-hybridized carbons (Fsp3) is 0.100. The van der Waals surface area contributed by atoms with E-state index in [-0.39, 0.29) is 16.9 Å². The molecule has 8 heteroatoms. The summed E-state index contributed by atoms with van der Waals surface area (Å²) in [4.78, 5) is 45.1. The van der Waals surface area contributed by atoms with Crippen LogP contribution in [0, 0.1) is 10.1 Å². The predicted molar refractivity (Wildman–Crippen MR) is 60.6 cm³/mol. The normalized spacial score (nSPS) is 13.7. The first-order valence-electron chi connectivity index (χ1n) is 4.73. The summed E-state index contributed by atoms with van der Waals surface area (Å²) in [5, 5.41) is 10.6. The monoisotopic (exact) mass is 268 g/mol. The molecule has 0 aromatic heterocycles. The van der Waals surface area contributed by atoms with Gasteiger partial charge in [0.05, 0.1) is 16.2 Å². The molecule has 0 atom stereocenters. The average molecular weight is 269 g/mol. The molecular weight excluding hydrogens is 264 g/mol. The minimum Gasteiger partial charge on any atom is -0.283 e. The molecule has 0 unspecified atom stereocenters. The Morgan fingerprint density at radius 3 is 2.61 bits per heavy atom. The van der Waals surface area contributed by atoms with Crippen LogP contribution in [0.15, 0.2) is 18.2 Å². The van der Waals surface area contributed by atoms with Gasteiger partial charge in [-0.25, -0.2) is 4.90 Å². The van der Waals surface area contributed by atoms with E-state index in [1.165, 1.54) is 6.07 Å². The zero-order valence-electron chi connectivity index (χ0n) is 8.75. The summed E-state index contributed by atoms with van der Waals surface area (Å²) in [6, 6.07) is 3.26. The summed E-state index contributed by atoms with van der Waals surface area (Å²) < 4.78 is 0. The summed E-state index contributed by atoms with van der Waals surface area (Å²) in [5.74, 6) is -3.21. The lowest BCUT2D eigenvalue weighted by Crippen LogP contribution is -2.36. The number of amides is 2. The van der Waals surface area contributed by atoms with Crippen LogP contribution in [0.2, 0.25) is 0 Å². The van der Waals surface area contributed by atoms with Gasteiger partial charge in [-0.15, -0.1) is 11.6 Å². The molecule has 0 N–H and O–H groups in total. The number of halogens is 1. The Kier molecular flexibility index (Phi) is 2.84. The molecule has 7 nitrogen and oxygen atoms in total. The third kappa shape index (κ3) is 1.65. The highest BCUT2D eigenvalue weighted by Gasteiger charge is 2.40. The maximum atomic E-state index is 11.6. The summed E-state index contributed by atoms with van der Waals surface area (Å²) in [6.45, 7) is 0. The van der Waals surface area contributed by atoms with E-state index in [4.69, 9.17) is 11.6 Å². The number of fused-ring (bicyclic) bond motifs is 1. The molecule has 1 aliphatic rings. The van der Waals surface area contributed by atoms with Crippen molar-refractivity contribution in [3.05, 3.63) is 33.9 Å². The second kappa shape index (κ2) is 4.19. The zero-order valence-corrected chi connectivity index (χ0v) is 9.51. The zero-order chi connectivity index (χ0) is 13.4. The van der Waals surface area contributed by atoms with Crippen molar-refractivity contribution in [1.29, 1.82) is 0 Å². The van der Waals surface area contributed by atoms with Crippen molar-refractivity contribution >= 4 is 40.6 Å². The van der Waals surface area contributed by atoms with Gasteiger partial charge in [-0.2, -0.15) is 0 Å². The molecule has 0 spiro atoms. The first-order valence-corrected chi connectivity index (χ1v) is 5.27. The number of rotatable bonds is 2. The molecule has 1 heterocycles. The second-order valence-corrected chi connectivity index (χ2v) is 3.72. The van der Waals surface area contributed by atoms with Crippen molar-refractivity contribution in [1.82, 2.24) is 0 Å². The fourth-order valence-electron chi connectivity index (χ4n) is 1.65. The van der Waals surface area contributed by atoms with Crippen molar-refractivity contribution in [3.8, 4) is 0 Å². The van der Waals surface area contributed by atoms with Crippen LogP contribution in [0.3, 0.4) is 0 Å². The molecule has 0 fully saturated rings. The lowest BCUT2D eigenvalue weighted by Gasteiger charge is -2.11. The first-order chi connectivity index (χ1) is 8.47. The number of non-ortho nitro benzene ring substituents is 1. The second-order valence-electron chi connectivity index (χ2n) is 3.46. The van der Waals surface area contributed by atoms with Gasteiger partial charge in [-0.1, -0.05) is 0 Å². The molecule has 0 saturated heterocycles. The number of carbonyl (C=O) groups is 3. The first kappa shape index (κ1) is 12.2. The predicted octanol–water partition coefficient (Wildman–Crippen LogP) is 0.889. The van der Waals surface area contributed by atoms with Crippen molar-refractivity contribution < 1.29 is 19.3 Å². The third-order valence-electron chi connectivity index (χ3n) is 2.44. The van der Waals surface area contributed by atoms with Crippen LogP contribution in [0.4, 0.5) is 11.4 Å². The van der Waals surface area contributed by atoms with E-state index in [1.807, 2.05) is 0 Å². The summed E-state index contributed by atoms with van der Waals surface area (Å²) >= 11 is 5.33. The summed E-state index contributed by atoms with van der Waals surface area (Å²) in [7, 11) is 0. The number of imide groups is 1. The average Bonchev–Trinajstić information content (AvgIpc) is 2.61. The van der Waals surface area contributed by atoms with E-state index in [9.17, 15) is 24.5 Å². The topological polar surface area (TPSA) is 97.6 Å². The number of anilines is 1. The number of hydrogen-bond donors (Lipinski definition) is 0. The lowest BCUT2D eigenvalue weighted by molar-refractivity contribution is -0.384. The van der Waals surface area contributed by atoms with E-state index < -0.39 is 28.4 Å². The molecule has 0 saturated carbocycles. The Labute approximate surface area is 105 Å². The number of alkyl halides is 1. The molecule has 1 aromatic rings. The number of ketones is 1. The Balaban J connectivity index is 2.58. The van der Waals surface area contributed by atoms with Crippen LogP contribution in [0.25, 0.3) is 0 Å². The number of nitro groups is 1. The summed E-state index contributed by atoms with van der Waals surface area (Å²) in [5.41, 5.74) is -0.455. The Hall–Kier alpha value is -2.28. The third-order valence-corrected chi connectivity index (χ3v) is 2.67. The van der Waals surface area contributed by atoms with Crippen LogP contribution in [-0.2, 0) is 9.59 Å². The molecule has 92 valence electrons. The molecule has 1 aliphatic heterocycles. The van der Waals surface area contributed by atoms with E-state index >= 15 is 0 Å². The van der Waals surface area contributed by atoms with Crippen molar-refractivity contribution in [3.63, 3.8) is 0 Å². The largest absolute Gasteiger partial charge is 0.306 e. The van der Waals surface area contributed by atoms with Crippen LogP contribution in [-0.4, -0.2) is 28.4 Å². The van der Waals surface area contributed by atoms with Gasteiger partial charge < -0.3 is 0 Å². The Morgan fingerprint density at radius 2 is 2.06 bits per heavy atom. The number of nitrogens with zero attached hydrogens (tertiary/aromatic N) is 2. The quantitative estimate of drug-likeness (QED) is 0.343. The highest BCUT2D eigenvalue weighted by molar-refractivity contribution is 6.57. The Morgan fingerprint density at radius 1 is 1.39 bits per heavy atom. The molecule has 0 bridgehead atoms. The van der Waals surface area contributed by atoms with Gasteiger partial charge in [0.15, 0.2) is 0 Å². The van der Waals surface area contributed by atoms with Gasteiger partial charge in [0.1, 0.15) is 5.88 Å². The minimum absolute atomic E-state index is 0.0289. The van der Waals surface area contributed by atoms with E-state index in [1.54, 1.807) is 0 Å². The lowest BCUT2D eigenvalue weighted by atomic mass is 10.1. The molecule has 18 heavy (non-hydrogen) atoms. The van der Waals surface area contributed by atoms with Crippen LogP contribution < -0.4 is 4.90 Å². The smallest absolute Gasteiger partial charge is 0.283 e. The van der Waals surface area contributed by atoms with Crippen LogP contribution in [0.5, 0.6) is 0 Å². The molecular formula is C10H5ClN2O5. The van der Waals surface area contributed by atoms with E-state index in [2.05, 4.69) is 0 Å². The molecule has 0 radical (unpaired) electrons. The molecule has 2 amide bonds. The molecule has 2 rings (SSSR count). The van der Waals surface area contributed by atoms with Gasteiger partial charge >= 0.3 is 5.91 Å². The van der Waals surface area contributed by atoms with Crippen molar-refractivity contribution in [2.75, 3.05) is 10.8 Å². The van der Waals surface area contributed by atoms with E-state index in [0.717, 1.165) is 12.1 Å². The van der Waals surface area contributed by atoms with Crippen molar-refractivity contribution in [2.45, 2.75) is 0 Å². The Bertz CT molecular complexity index is 598. The number of Topliss-reactive ketones (excluding diaryl/α,β-unsaturated/α-hetero) is 1. The van der Waals surface area contributed by atoms with Gasteiger partial charge in [0.2, 0.25) is 5.91 Å². The minimum atomic E-state index is -1.05.